The molecule has 2 amide bonds. The van der Waals surface area contributed by atoms with Crippen molar-refractivity contribution in [3.8, 4) is 0 Å². The summed E-state index contributed by atoms with van der Waals surface area (Å²) in [7, 11) is 0. The molecule has 0 aliphatic carbocycles. The van der Waals surface area contributed by atoms with Gasteiger partial charge in [0.25, 0.3) is 0 Å². The molecule has 3 rings (SSSR count). The Hall–Kier alpha value is -2.22. The van der Waals surface area contributed by atoms with Gasteiger partial charge in [-0.3, -0.25) is 9.59 Å². The molecular weight excluding hydrogens is 316 g/mol. The van der Waals surface area contributed by atoms with Crippen LogP contribution >= 0.6 is 11.3 Å². The lowest BCUT2D eigenvalue weighted by Crippen LogP contribution is -2.38. The Morgan fingerprint density at radius 1 is 1.52 bits per heavy atom. The van der Waals surface area contributed by atoms with E-state index in [1.165, 1.54) is 11.8 Å². The van der Waals surface area contributed by atoms with Gasteiger partial charge >= 0.3 is 0 Å². The lowest BCUT2D eigenvalue weighted by molar-refractivity contribution is -0.131. The molecular formula is C15H18N4O3S. The Kier molecular flexibility index (Phi) is 4.71. The number of hydrogen-bond acceptors (Lipinski definition) is 6. The number of amides is 2. The Morgan fingerprint density at radius 2 is 2.39 bits per heavy atom. The van der Waals surface area contributed by atoms with Crippen molar-refractivity contribution in [2.75, 3.05) is 19.6 Å². The third-order valence-corrected chi connectivity index (χ3v) is 4.65. The van der Waals surface area contributed by atoms with E-state index in [4.69, 9.17) is 4.52 Å². The molecule has 1 N–H and O–H groups in total. The third kappa shape index (κ3) is 3.95. The number of nitrogens with one attached hydrogen (secondary N) is 1. The number of carbonyl (C=O) groups is 2. The molecule has 2 aromatic heterocycles. The summed E-state index contributed by atoms with van der Waals surface area (Å²) in [4.78, 5) is 30.2. The fraction of sp³-hybridized carbons (Fsp3) is 0.467. The first-order chi connectivity index (χ1) is 11.1. The van der Waals surface area contributed by atoms with E-state index in [0.29, 0.717) is 31.2 Å². The molecule has 122 valence electrons. The standard InChI is InChI=1S/C15H18N4O3S/c1-10(20)16-8-14(21)19-5-4-11(9-19)15-17-13(18-22-15)7-12-3-2-6-23-12/h2-3,6,11H,4-5,7-9H2,1H3,(H,16,20). The Labute approximate surface area is 137 Å². The van der Waals surface area contributed by atoms with Crippen molar-refractivity contribution in [3.05, 3.63) is 34.1 Å². The predicted molar refractivity (Wildman–Crippen MR) is 84.0 cm³/mol. The quantitative estimate of drug-likeness (QED) is 0.887. The fourth-order valence-corrected chi connectivity index (χ4v) is 3.28. The average molecular weight is 334 g/mol. The number of likely N-dealkylation sites (tertiary alicyclic amines) is 1. The summed E-state index contributed by atoms with van der Waals surface area (Å²) in [5.41, 5.74) is 0. The highest BCUT2D eigenvalue weighted by Crippen LogP contribution is 2.26. The molecule has 1 fully saturated rings. The summed E-state index contributed by atoms with van der Waals surface area (Å²) in [5, 5.41) is 8.57. The first-order valence-corrected chi connectivity index (χ1v) is 8.37. The molecule has 1 unspecified atom stereocenters. The van der Waals surface area contributed by atoms with Crippen LogP contribution in [0.4, 0.5) is 0 Å². The van der Waals surface area contributed by atoms with Gasteiger partial charge < -0.3 is 14.7 Å². The van der Waals surface area contributed by atoms with Crippen molar-refractivity contribution in [1.82, 2.24) is 20.4 Å². The van der Waals surface area contributed by atoms with E-state index in [2.05, 4.69) is 15.5 Å². The molecule has 3 heterocycles. The highest BCUT2D eigenvalue weighted by molar-refractivity contribution is 7.09. The van der Waals surface area contributed by atoms with Crippen LogP contribution < -0.4 is 5.32 Å². The van der Waals surface area contributed by atoms with Crippen LogP contribution in [0, 0.1) is 0 Å². The van der Waals surface area contributed by atoms with E-state index < -0.39 is 0 Å². The van der Waals surface area contributed by atoms with Crippen molar-refractivity contribution in [2.24, 2.45) is 0 Å². The molecule has 1 atom stereocenters. The fourth-order valence-electron chi connectivity index (χ4n) is 2.57. The van der Waals surface area contributed by atoms with Crippen LogP contribution in [0.25, 0.3) is 0 Å². The summed E-state index contributed by atoms with van der Waals surface area (Å²) in [6.45, 7) is 2.63. The SMILES string of the molecule is CC(=O)NCC(=O)N1CCC(c2nc(Cc3cccs3)no2)C1. The van der Waals surface area contributed by atoms with Crippen LogP contribution in [0.3, 0.4) is 0 Å². The molecule has 1 aliphatic heterocycles. The topological polar surface area (TPSA) is 88.3 Å². The maximum Gasteiger partial charge on any atom is 0.241 e. The third-order valence-electron chi connectivity index (χ3n) is 3.78. The summed E-state index contributed by atoms with van der Waals surface area (Å²) in [5.74, 6) is 1.04. The Morgan fingerprint density at radius 3 is 3.13 bits per heavy atom. The van der Waals surface area contributed by atoms with Crippen LogP contribution in [0.5, 0.6) is 0 Å². The molecule has 0 spiro atoms. The molecule has 0 aromatic carbocycles. The minimum atomic E-state index is -0.204. The van der Waals surface area contributed by atoms with Crippen LogP contribution in [0.15, 0.2) is 22.0 Å². The first kappa shape index (κ1) is 15.7. The number of carbonyl (C=O) groups excluding carboxylic acids is 2. The smallest absolute Gasteiger partial charge is 0.241 e. The number of rotatable bonds is 5. The van der Waals surface area contributed by atoms with E-state index >= 15 is 0 Å². The zero-order chi connectivity index (χ0) is 16.2. The first-order valence-electron chi connectivity index (χ1n) is 7.49. The van der Waals surface area contributed by atoms with Gasteiger partial charge in [0.2, 0.25) is 17.7 Å². The minimum absolute atomic E-state index is 0.0372. The molecule has 8 heteroatoms. The lowest BCUT2D eigenvalue weighted by atomic mass is 10.1. The highest BCUT2D eigenvalue weighted by atomic mass is 32.1. The van der Waals surface area contributed by atoms with Gasteiger partial charge in [-0.2, -0.15) is 4.98 Å². The second-order valence-electron chi connectivity index (χ2n) is 5.54. The molecule has 0 saturated carbocycles. The van der Waals surface area contributed by atoms with Gasteiger partial charge in [0.05, 0.1) is 12.5 Å². The van der Waals surface area contributed by atoms with Crippen molar-refractivity contribution < 1.29 is 14.1 Å². The number of aromatic nitrogens is 2. The zero-order valence-corrected chi connectivity index (χ0v) is 13.6. The van der Waals surface area contributed by atoms with Crippen LogP contribution in [0.1, 0.15) is 35.9 Å². The largest absolute Gasteiger partial charge is 0.347 e. The van der Waals surface area contributed by atoms with Gasteiger partial charge in [-0.15, -0.1) is 11.3 Å². The van der Waals surface area contributed by atoms with E-state index in [9.17, 15) is 9.59 Å². The molecule has 1 saturated heterocycles. The normalized spacial score (nSPS) is 17.4. The Bertz CT molecular complexity index is 683. The van der Waals surface area contributed by atoms with Gasteiger partial charge in [0.15, 0.2) is 5.82 Å². The molecule has 1 aliphatic rings. The highest BCUT2D eigenvalue weighted by Gasteiger charge is 2.30. The van der Waals surface area contributed by atoms with Crippen LogP contribution in [-0.2, 0) is 16.0 Å². The average Bonchev–Trinajstić information content (AvgIpc) is 3.25. The second-order valence-corrected chi connectivity index (χ2v) is 6.57. The molecule has 0 radical (unpaired) electrons. The number of hydrogen-bond donors (Lipinski definition) is 1. The molecule has 2 aromatic rings. The molecule has 0 bridgehead atoms. The van der Waals surface area contributed by atoms with Crippen LogP contribution in [-0.4, -0.2) is 46.5 Å². The van der Waals surface area contributed by atoms with Gasteiger partial charge in [-0.25, -0.2) is 0 Å². The maximum atomic E-state index is 12.0. The second kappa shape index (κ2) is 6.91. The van der Waals surface area contributed by atoms with Crippen molar-refractivity contribution in [3.63, 3.8) is 0 Å². The van der Waals surface area contributed by atoms with Crippen molar-refractivity contribution in [2.45, 2.75) is 25.7 Å². The predicted octanol–water partition coefficient (Wildman–Crippen LogP) is 1.17. The van der Waals surface area contributed by atoms with E-state index in [1.54, 1.807) is 16.2 Å². The van der Waals surface area contributed by atoms with E-state index in [0.717, 1.165) is 6.42 Å². The van der Waals surface area contributed by atoms with Gasteiger partial charge in [0.1, 0.15) is 0 Å². The monoisotopic (exact) mass is 334 g/mol. The summed E-state index contributed by atoms with van der Waals surface area (Å²) < 4.78 is 5.36. The zero-order valence-electron chi connectivity index (χ0n) is 12.8. The van der Waals surface area contributed by atoms with E-state index in [1.807, 2.05) is 17.5 Å². The van der Waals surface area contributed by atoms with Crippen LogP contribution in [0.2, 0.25) is 0 Å². The number of thiophene rings is 1. The van der Waals surface area contributed by atoms with Gasteiger partial charge in [0, 0.05) is 31.3 Å². The summed E-state index contributed by atoms with van der Waals surface area (Å²) >= 11 is 1.66. The van der Waals surface area contributed by atoms with Gasteiger partial charge in [-0.1, -0.05) is 11.2 Å². The minimum Gasteiger partial charge on any atom is -0.347 e. The van der Waals surface area contributed by atoms with Gasteiger partial charge in [-0.05, 0) is 17.9 Å². The summed E-state index contributed by atoms with van der Waals surface area (Å²) in [6.07, 6.45) is 1.46. The Balaban J connectivity index is 1.55. The van der Waals surface area contributed by atoms with Crippen molar-refractivity contribution in [1.29, 1.82) is 0 Å². The van der Waals surface area contributed by atoms with Crippen molar-refractivity contribution >= 4 is 23.2 Å². The summed E-state index contributed by atoms with van der Waals surface area (Å²) in [6, 6.07) is 4.04. The number of nitrogens with zero attached hydrogens (tertiary/aromatic N) is 3. The molecule has 23 heavy (non-hydrogen) atoms. The lowest BCUT2D eigenvalue weighted by Gasteiger charge is -2.15. The molecule has 7 nitrogen and oxygen atoms in total. The van der Waals surface area contributed by atoms with E-state index in [-0.39, 0.29) is 24.3 Å². The maximum absolute atomic E-state index is 12.0.